The van der Waals surface area contributed by atoms with Crippen molar-refractivity contribution in [2.45, 2.75) is 39.2 Å². The molecule has 0 spiro atoms. The van der Waals surface area contributed by atoms with Crippen LogP contribution in [0.3, 0.4) is 0 Å². The lowest BCUT2D eigenvalue weighted by atomic mass is 9.96. The second-order valence-corrected chi connectivity index (χ2v) is 8.45. The Morgan fingerprint density at radius 1 is 1.12 bits per heavy atom. The Morgan fingerprint density at radius 3 is 2.47 bits per heavy atom. The minimum absolute atomic E-state index is 0.145. The fourth-order valence-corrected chi connectivity index (χ4v) is 3.73. The van der Waals surface area contributed by atoms with E-state index in [1.807, 2.05) is 54.6 Å². The second kappa shape index (κ2) is 9.84. The maximum absolute atomic E-state index is 12.4. The van der Waals surface area contributed by atoms with Gasteiger partial charge in [-0.2, -0.15) is 0 Å². The van der Waals surface area contributed by atoms with Crippen LogP contribution < -0.4 is 5.32 Å². The summed E-state index contributed by atoms with van der Waals surface area (Å²) in [7, 11) is 1.43. The summed E-state index contributed by atoms with van der Waals surface area (Å²) in [6.45, 7) is 3.52. The lowest BCUT2D eigenvalue weighted by Gasteiger charge is -2.13. The summed E-state index contributed by atoms with van der Waals surface area (Å²) >= 11 is 0. The topological polar surface area (TPSA) is 90.7 Å². The fraction of sp³-hybridized carbons (Fsp3) is 0.296. The number of hydrogen-bond donors (Lipinski definition) is 1. The van der Waals surface area contributed by atoms with Gasteiger partial charge in [0.2, 0.25) is 5.76 Å². The number of aromatic nitrogens is 1. The third kappa shape index (κ3) is 5.29. The van der Waals surface area contributed by atoms with Gasteiger partial charge in [-0.15, -0.1) is 0 Å². The molecule has 0 saturated heterocycles. The third-order valence-electron chi connectivity index (χ3n) is 5.93. The number of amides is 1. The molecule has 4 rings (SSSR count). The molecule has 1 aromatic heterocycles. The number of carbonyl (C=O) groups excluding carboxylic acids is 2. The molecule has 1 atom stereocenters. The number of esters is 1. The number of hydrogen-bond acceptors (Lipinski definition) is 6. The quantitative estimate of drug-likeness (QED) is 0.404. The highest BCUT2D eigenvalue weighted by atomic mass is 16.6. The van der Waals surface area contributed by atoms with E-state index in [2.05, 4.69) is 22.3 Å². The van der Waals surface area contributed by atoms with Gasteiger partial charge in [0, 0.05) is 5.56 Å². The molecule has 7 nitrogen and oxygen atoms in total. The number of ether oxygens (including phenoxy) is 2. The summed E-state index contributed by atoms with van der Waals surface area (Å²) in [6.07, 6.45) is 1.34. The number of carbonyl (C=O) groups is 2. The van der Waals surface area contributed by atoms with Gasteiger partial charge in [-0.05, 0) is 62.3 Å². The maximum atomic E-state index is 12.4. The summed E-state index contributed by atoms with van der Waals surface area (Å²) in [5.41, 5.74) is 3.23. The van der Waals surface area contributed by atoms with Crippen LogP contribution in [-0.2, 0) is 20.7 Å². The minimum Gasteiger partial charge on any atom is -0.469 e. The van der Waals surface area contributed by atoms with Gasteiger partial charge in [0.25, 0.3) is 0 Å². The molecule has 1 heterocycles. The van der Waals surface area contributed by atoms with Gasteiger partial charge in [0.15, 0.2) is 0 Å². The molecular formula is C27H26N2O5. The minimum atomic E-state index is -0.616. The monoisotopic (exact) mass is 458 g/mol. The van der Waals surface area contributed by atoms with Crippen molar-refractivity contribution >= 4 is 17.7 Å². The normalized spacial score (nSPS) is 14.3. The van der Waals surface area contributed by atoms with Crippen LogP contribution >= 0.6 is 0 Å². The number of benzene rings is 2. The summed E-state index contributed by atoms with van der Waals surface area (Å²) in [5.74, 6) is 6.05. The van der Waals surface area contributed by atoms with Crippen molar-refractivity contribution in [2.24, 2.45) is 5.41 Å². The Hall–Kier alpha value is -4.05. The van der Waals surface area contributed by atoms with Gasteiger partial charge in [-0.1, -0.05) is 53.5 Å². The highest BCUT2D eigenvalue weighted by Gasteiger charge is 2.50. The van der Waals surface area contributed by atoms with Gasteiger partial charge in [0.1, 0.15) is 17.5 Å². The summed E-state index contributed by atoms with van der Waals surface area (Å²) in [6, 6.07) is 17.2. The fourth-order valence-electron chi connectivity index (χ4n) is 3.73. The van der Waals surface area contributed by atoms with E-state index in [1.54, 1.807) is 13.8 Å². The van der Waals surface area contributed by atoms with Crippen LogP contribution in [0.25, 0.3) is 0 Å². The number of anilines is 1. The van der Waals surface area contributed by atoms with Crippen LogP contribution in [0.2, 0.25) is 0 Å². The Kier molecular flexibility index (Phi) is 6.69. The Bertz CT molecular complexity index is 1230. The predicted molar refractivity (Wildman–Crippen MR) is 126 cm³/mol. The SMILES string of the molecule is COC(=O)C1(Cc2ccc(C#Cc3onc(C)c3NC(=O)O[C@H](C)c3ccccc3)cc2)CC1. The van der Waals surface area contributed by atoms with Crippen molar-refractivity contribution in [2.75, 3.05) is 12.4 Å². The van der Waals surface area contributed by atoms with E-state index < -0.39 is 12.2 Å². The van der Waals surface area contributed by atoms with Gasteiger partial charge in [-0.3, -0.25) is 10.1 Å². The molecular weight excluding hydrogens is 432 g/mol. The lowest BCUT2D eigenvalue weighted by molar-refractivity contribution is -0.147. The zero-order valence-corrected chi connectivity index (χ0v) is 19.4. The Balaban J connectivity index is 1.41. The molecule has 1 aliphatic carbocycles. The number of aryl methyl sites for hydroxylation is 1. The van der Waals surface area contributed by atoms with E-state index in [9.17, 15) is 9.59 Å². The molecule has 1 saturated carbocycles. The van der Waals surface area contributed by atoms with Crippen molar-refractivity contribution in [1.29, 1.82) is 0 Å². The third-order valence-corrected chi connectivity index (χ3v) is 5.93. The van der Waals surface area contributed by atoms with Crippen molar-refractivity contribution in [3.63, 3.8) is 0 Å². The van der Waals surface area contributed by atoms with E-state index in [1.165, 1.54) is 7.11 Å². The van der Waals surface area contributed by atoms with E-state index in [0.717, 1.165) is 29.5 Å². The average molecular weight is 459 g/mol. The van der Waals surface area contributed by atoms with E-state index in [0.29, 0.717) is 17.8 Å². The highest BCUT2D eigenvalue weighted by molar-refractivity contribution is 5.87. The number of rotatable bonds is 6. The van der Waals surface area contributed by atoms with Crippen LogP contribution in [0.1, 0.15) is 54.0 Å². The molecule has 7 heteroatoms. The van der Waals surface area contributed by atoms with Gasteiger partial charge in [0.05, 0.1) is 12.5 Å². The molecule has 2 aromatic carbocycles. The summed E-state index contributed by atoms with van der Waals surface area (Å²) in [5, 5.41) is 6.60. The molecule has 1 aliphatic rings. The van der Waals surface area contributed by atoms with Crippen molar-refractivity contribution < 1.29 is 23.6 Å². The average Bonchev–Trinajstić information content (AvgIpc) is 3.56. The molecule has 1 amide bonds. The molecule has 34 heavy (non-hydrogen) atoms. The summed E-state index contributed by atoms with van der Waals surface area (Å²) < 4.78 is 15.7. The Morgan fingerprint density at radius 2 is 1.82 bits per heavy atom. The largest absolute Gasteiger partial charge is 0.469 e. The van der Waals surface area contributed by atoms with Crippen molar-refractivity contribution in [3.05, 3.63) is 82.7 Å². The standard InChI is InChI=1S/C27H26N2O5/c1-18-24(28-26(31)33-19(2)22-7-5-4-6-8-22)23(34-29-18)14-13-20-9-11-21(12-10-20)17-27(15-16-27)25(30)32-3/h4-12,19H,15-17H2,1-3H3,(H,28,31)/t19-/m1/s1. The lowest BCUT2D eigenvalue weighted by Crippen LogP contribution is -2.19. The summed E-state index contributed by atoms with van der Waals surface area (Å²) in [4.78, 5) is 24.4. The molecule has 1 N–H and O–H groups in total. The number of methoxy groups -OCH3 is 1. The van der Waals surface area contributed by atoms with Crippen LogP contribution in [0.4, 0.5) is 10.5 Å². The smallest absolute Gasteiger partial charge is 0.412 e. The van der Waals surface area contributed by atoms with Crippen LogP contribution in [0.5, 0.6) is 0 Å². The molecule has 0 unspecified atom stereocenters. The predicted octanol–water partition coefficient (Wildman–Crippen LogP) is 5.19. The highest BCUT2D eigenvalue weighted by Crippen LogP contribution is 2.49. The maximum Gasteiger partial charge on any atom is 0.412 e. The zero-order valence-electron chi connectivity index (χ0n) is 19.4. The molecule has 174 valence electrons. The first kappa shape index (κ1) is 23.1. The van der Waals surface area contributed by atoms with Crippen LogP contribution in [0, 0.1) is 24.2 Å². The van der Waals surface area contributed by atoms with Gasteiger partial charge < -0.3 is 14.0 Å². The molecule has 0 aliphatic heterocycles. The number of nitrogens with zero attached hydrogens (tertiary/aromatic N) is 1. The first-order valence-corrected chi connectivity index (χ1v) is 11.1. The second-order valence-electron chi connectivity index (χ2n) is 8.45. The van der Waals surface area contributed by atoms with E-state index >= 15 is 0 Å². The van der Waals surface area contributed by atoms with E-state index in [4.69, 9.17) is 14.0 Å². The molecule has 0 radical (unpaired) electrons. The Labute approximate surface area is 198 Å². The first-order chi connectivity index (χ1) is 16.4. The van der Waals surface area contributed by atoms with E-state index in [-0.39, 0.29) is 17.1 Å². The van der Waals surface area contributed by atoms with Crippen molar-refractivity contribution in [1.82, 2.24) is 5.16 Å². The molecule has 0 bridgehead atoms. The van der Waals surface area contributed by atoms with Crippen molar-refractivity contribution in [3.8, 4) is 11.8 Å². The molecule has 3 aromatic rings. The molecule has 1 fully saturated rings. The first-order valence-electron chi connectivity index (χ1n) is 11.1. The zero-order chi connectivity index (χ0) is 24.1. The van der Waals surface area contributed by atoms with Gasteiger partial charge in [-0.25, -0.2) is 4.79 Å². The van der Waals surface area contributed by atoms with Crippen LogP contribution in [-0.4, -0.2) is 24.3 Å². The van der Waals surface area contributed by atoms with Gasteiger partial charge >= 0.3 is 12.1 Å². The van der Waals surface area contributed by atoms with Crippen LogP contribution in [0.15, 0.2) is 59.1 Å². The number of nitrogens with one attached hydrogen (secondary N) is 1.